The molecule has 0 radical (unpaired) electrons. The van der Waals surface area contributed by atoms with Crippen molar-refractivity contribution in [2.45, 2.75) is 38.8 Å². The number of benzene rings is 1. The van der Waals surface area contributed by atoms with Gasteiger partial charge in [-0.05, 0) is 32.4 Å². The van der Waals surface area contributed by atoms with E-state index in [1.165, 1.54) is 0 Å². The first kappa shape index (κ1) is 19.2. The van der Waals surface area contributed by atoms with Gasteiger partial charge in [-0.1, -0.05) is 18.2 Å². The van der Waals surface area contributed by atoms with Crippen molar-refractivity contribution in [1.82, 2.24) is 15.2 Å². The summed E-state index contributed by atoms with van der Waals surface area (Å²) in [5.74, 6) is -0.116. The molecule has 0 aliphatic carbocycles. The topological polar surface area (TPSA) is 83.7 Å². The highest BCUT2D eigenvalue weighted by atomic mass is 16.6. The third-order valence-electron chi connectivity index (χ3n) is 4.41. The number of alkyl carbamates (subject to hydrolysis) is 1. The summed E-state index contributed by atoms with van der Waals surface area (Å²) in [5, 5.41) is 3.81. The van der Waals surface area contributed by atoms with E-state index in [2.05, 4.69) is 10.3 Å². The van der Waals surface area contributed by atoms with Gasteiger partial charge in [-0.15, -0.1) is 0 Å². The van der Waals surface area contributed by atoms with Crippen molar-refractivity contribution < 1.29 is 19.1 Å². The SMILES string of the molecule is CC(C)(C)OC(=O)N[C@H](Cc1c[nH]c2ccccc12)C(=O)N1CCOCC1. The predicted octanol–water partition coefficient (Wildman–Crippen LogP) is 2.46. The summed E-state index contributed by atoms with van der Waals surface area (Å²) < 4.78 is 10.7. The highest BCUT2D eigenvalue weighted by molar-refractivity contribution is 5.88. The van der Waals surface area contributed by atoms with E-state index >= 15 is 0 Å². The molecule has 146 valence electrons. The Morgan fingerprint density at radius 2 is 1.96 bits per heavy atom. The maximum atomic E-state index is 13.1. The van der Waals surface area contributed by atoms with Crippen LogP contribution in [0.5, 0.6) is 0 Å². The van der Waals surface area contributed by atoms with Gasteiger partial charge in [0.15, 0.2) is 0 Å². The van der Waals surface area contributed by atoms with Crippen LogP contribution in [-0.4, -0.2) is 59.8 Å². The Morgan fingerprint density at radius 3 is 2.67 bits per heavy atom. The molecule has 0 bridgehead atoms. The summed E-state index contributed by atoms with van der Waals surface area (Å²) in [5.41, 5.74) is 1.35. The fourth-order valence-electron chi connectivity index (χ4n) is 3.17. The zero-order valence-electron chi connectivity index (χ0n) is 16.1. The quantitative estimate of drug-likeness (QED) is 0.862. The summed E-state index contributed by atoms with van der Waals surface area (Å²) in [6.07, 6.45) is 1.69. The van der Waals surface area contributed by atoms with Gasteiger partial charge in [-0.3, -0.25) is 4.79 Å². The molecule has 7 nitrogen and oxygen atoms in total. The fraction of sp³-hybridized carbons (Fsp3) is 0.500. The van der Waals surface area contributed by atoms with Gasteiger partial charge in [0.05, 0.1) is 13.2 Å². The molecular formula is C20H27N3O4. The van der Waals surface area contributed by atoms with E-state index in [1.807, 2.05) is 30.5 Å². The predicted molar refractivity (Wildman–Crippen MR) is 103 cm³/mol. The van der Waals surface area contributed by atoms with E-state index < -0.39 is 17.7 Å². The van der Waals surface area contributed by atoms with Crippen LogP contribution in [0.4, 0.5) is 4.79 Å². The molecule has 1 aromatic carbocycles. The minimum Gasteiger partial charge on any atom is -0.444 e. The summed E-state index contributed by atoms with van der Waals surface area (Å²) in [7, 11) is 0. The summed E-state index contributed by atoms with van der Waals surface area (Å²) in [6, 6.07) is 7.21. The van der Waals surface area contributed by atoms with Gasteiger partial charge in [0.1, 0.15) is 11.6 Å². The largest absolute Gasteiger partial charge is 0.444 e. The number of H-pyrrole nitrogens is 1. The molecule has 1 atom stereocenters. The highest BCUT2D eigenvalue weighted by Crippen LogP contribution is 2.20. The number of carbonyl (C=O) groups excluding carboxylic acids is 2. The van der Waals surface area contributed by atoms with E-state index in [9.17, 15) is 9.59 Å². The Labute approximate surface area is 159 Å². The van der Waals surface area contributed by atoms with Crippen molar-refractivity contribution >= 4 is 22.9 Å². The maximum Gasteiger partial charge on any atom is 0.408 e. The van der Waals surface area contributed by atoms with Crippen LogP contribution in [0.2, 0.25) is 0 Å². The molecule has 1 fully saturated rings. The summed E-state index contributed by atoms with van der Waals surface area (Å²) in [6.45, 7) is 7.47. The van der Waals surface area contributed by atoms with Gasteiger partial charge in [0, 0.05) is 36.6 Å². The fourth-order valence-corrected chi connectivity index (χ4v) is 3.17. The second kappa shape index (κ2) is 8.00. The average molecular weight is 373 g/mol. The summed E-state index contributed by atoms with van der Waals surface area (Å²) in [4.78, 5) is 30.3. The molecule has 2 N–H and O–H groups in total. The molecule has 1 aliphatic rings. The van der Waals surface area contributed by atoms with Gasteiger partial charge in [0.25, 0.3) is 0 Å². The number of para-hydroxylation sites is 1. The molecule has 2 heterocycles. The van der Waals surface area contributed by atoms with Gasteiger partial charge in [-0.25, -0.2) is 4.79 Å². The Kier molecular flexibility index (Phi) is 5.70. The number of fused-ring (bicyclic) bond motifs is 1. The van der Waals surface area contributed by atoms with E-state index in [0.717, 1.165) is 16.5 Å². The maximum absolute atomic E-state index is 13.1. The number of nitrogens with one attached hydrogen (secondary N) is 2. The van der Waals surface area contributed by atoms with Gasteiger partial charge >= 0.3 is 6.09 Å². The molecule has 0 saturated carbocycles. The Balaban J connectivity index is 1.80. The van der Waals surface area contributed by atoms with Crippen molar-refractivity contribution in [3.05, 3.63) is 36.0 Å². The number of nitrogens with zero attached hydrogens (tertiary/aromatic N) is 1. The second-order valence-corrected chi connectivity index (χ2v) is 7.70. The minimum absolute atomic E-state index is 0.116. The van der Waals surface area contributed by atoms with Crippen LogP contribution in [0.1, 0.15) is 26.3 Å². The van der Waals surface area contributed by atoms with Crippen molar-refractivity contribution in [3.63, 3.8) is 0 Å². The van der Waals surface area contributed by atoms with Crippen LogP contribution < -0.4 is 5.32 Å². The Bertz CT molecular complexity index is 803. The monoisotopic (exact) mass is 373 g/mol. The van der Waals surface area contributed by atoms with Crippen LogP contribution in [-0.2, 0) is 20.7 Å². The number of hydrogen-bond donors (Lipinski definition) is 2. The van der Waals surface area contributed by atoms with Gasteiger partial charge in [0.2, 0.25) is 5.91 Å². The van der Waals surface area contributed by atoms with Gasteiger partial charge in [-0.2, -0.15) is 0 Å². The Hall–Kier alpha value is -2.54. The number of morpholine rings is 1. The molecule has 2 amide bonds. The number of hydrogen-bond acceptors (Lipinski definition) is 4. The van der Waals surface area contributed by atoms with Crippen LogP contribution in [0, 0.1) is 0 Å². The van der Waals surface area contributed by atoms with Crippen LogP contribution in [0.15, 0.2) is 30.5 Å². The van der Waals surface area contributed by atoms with Crippen LogP contribution in [0.25, 0.3) is 10.9 Å². The standard InChI is InChI=1S/C20H27N3O4/c1-20(2,3)27-19(25)22-17(18(24)23-8-10-26-11-9-23)12-14-13-21-16-7-5-4-6-15(14)16/h4-7,13,17,21H,8-12H2,1-3H3,(H,22,25)/t17-/m1/s1. The zero-order chi connectivity index (χ0) is 19.4. The van der Waals surface area contributed by atoms with Crippen molar-refractivity contribution in [2.24, 2.45) is 0 Å². The molecule has 3 rings (SSSR count). The Morgan fingerprint density at radius 1 is 1.26 bits per heavy atom. The van der Waals surface area contributed by atoms with Crippen molar-refractivity contribution in [3.8, 4) is 0 Å². The minimum atomic E-state index is -0.697. The highest BCUT2D eigenvalue weighted by Gasteiger charge is 2.29. The molecule has 2 aromatic rings. The lowest BCUT2D eigenvalue weighted by atomic mass is 10.0. The van der Waals surface area contributed by atoms with Crippen LogP contribution in [0.3, 0.4) is 0 Å². The van der Waals surface area contributed by atoms with E-state index in [1.54, 1.807) is 25.7 Å². The average Bonchev–Trinajstić information content (AvgIpc) is 3.03. The number of rotatable bonds is 4. The lowest BCUT2D eigenvalue weighted by Crippen LogP contribution is -2.53. The van der Waals surface area contributed by atoms with E-state index in [0.29, 0.717) is 32.7 Å². The van der Waals surface area contributed by atoms with E-state index in [4.69, 9.17) is 9.47 Å². The first-order valence-electron chi connectivity index (χ1n) is 9.24. The van der Waals surface area contributed by atoms with Crippen molar-refractivity contribution in [2.75, 3.05) is 26.3 Å². The molecule has 1 saturated heterocycles. The molecule has 7 heteroatoms. The summed E-state index contributed by atoms with van der Waals surface area (Å²) >= 11 is 0. The smallest absolute Gasteiger partial charge is 0.408 e. The zero-order valence-corrected chi connectivity index (χ0v) is 16.1. The molecule has 0 spiro atoms. The number of aromatic nitrogens is 1. The number of ether oxygens (including phenoxy) is 2. The molecular weight excluding hydrogens is 346 g/mol. The number of amides is 2. The van der Waals surface area contributed by atoms with Crippen molar-refractivity contribution in [1.29, 1.82) is 0 Å². The number of carbonyl (C=O) groups is 2. The lowest BCUT2D eigenvalue weighted by molar-refractivity contribution is -0.137. The number of aromatic amines is 1. The third-order valence-corrected chi connectivity index (χ3v) is 4.41. The molecule has 1 aliphatic heterocycles. The van der Waals surface area contributed by atoms with Gasteiger partial charge < -0.3 is 24.7 Å². The van der Waals surface area contributed by atoms with Crippen LogP contribution >= 0.6 is 0 Å². The first-order chi connectivity index (χ1) is 12.8. The lowest BCUT2D eigenvalue weighted by Gasteiger charge is -2.31. The second-order valence-electron chi connectivity index (χ2n) is 7.70. The molecule has 0 unspecified atom stereocenters. The normalized spacial score (nSPS) is 16.2. The molecule has 27 heavy (non-hydrogen) atoms. The first-order valence-corrected chi connectivity index (χ1v) is 9.24. The molecule has 1 aromatic heterocycles. The third kappa shape index (κ3) is 5.01. The van der Waals surface area contributed by atoms with E-state index in [-0.39, 0.29) is 5.91 Å².